The van der Waals surface area contributed by atoms with Crippen LogP contribution in [0.5, 0.6) is 0 Å². The Kier molecular flexibility index (Phi) is 3.94. The number of hydrogen-bond donors (Lipinski definition) is 2. The number of Topliss-reactive ketones (excluding diaryl/α,β-unsaturated/α-hetero) is 1. The summed E-state index contributed by atoms with van der Waals surface area (Å²) in [6.45, 7) is -0.487. The number of carboxylic acid groups (broad SMARTS) is 1. The van der Waals surface area contributed by atoms with Crippen molar-refractivity contribution in [2.45, 2.75) is 19.6 Å². The number of aromatic nitrogens is 2. The highest BCUT2D eigenvalue weighted by atomic mass is 19.4. The van der Waals surface area contributed by atoms with E-state index in [0.29, 0.717) is 4.68 Å². The molecule has 6 nitrogen and oxygen atoms in total. The highest BCUT2D eigenvalue weighted by Gasteiger charge is 2.30. The summed E-state index contributed by atoms with van der Waals surface area (Å²) >= 11 is 0. The van der Waals surface area contributed by atoms with Gasteiger partial charge in [0, 0.05) is 5.69 Å². The maximum atomic E-state index is 12.1. The van der Waals surface area contributed by atoms with Crippen molar-refractivity contribution in [2.75, 3.05) is 6.54 Å². The van der Waals surface area contributed by atoms with E-state index >= 15 is 0 Å². The first kappa shape index (κ1) is 14.0. The number of amides is 1. The molecule has 0 aliphatic carbocycles. The topological polar surface area (TPSA) is 84.2 Å². The fraction of sp³-hybridized carbons (Fsp3) is 0.444. The van der Waals surface area contributed by atoms with Gasteiger partial charge in [-0.2, -0.15) is 18.3 Å². The van der Waals surface area contributed by atoms with Crippen LogP contribution in [0.25, 0.3) is 0 Å². The second kappa shape index (κ2) is 5.07. The number of hydrogen-bond acceptors (Lipinski definition) is 3. The van der Waals surface area contributed by atoms with Crippen molar-refractivity contribution in [1.82, 2.24) is 15.1 Å². The van der Waals surface area contributed by atoms with Crippen molar-refractivity contribution in [3.8, 4) is 0 Å². The van der Waals surface area contributed by atoms with E-state index in [-0.39, 0.29) is 11.3 Å². The molecule has 1 aromatic rings. The summed E-state index contributed by atoms with van der Waals surface area (Å²) in [5.74, 6) is -0.636. The normalized spacial score (nSPS) is 11.3. The summed E-state index contributed by atoms with van der Waals surface area (Å²) in [6, 6.07) is 0. The van der Waals surface area contributed by atoms with Crippen LogP contribution < -0.4 is 5.32 Å². The third-order valence-corrected chi connectivity index (χ3v) is 2.13. The maximum absolute atomic E-state index is 12.1. The van der Waals surface area contributed by atoms with Crippen LogP contribution in [0.1, 0.15) is 16.1 Å². The highest BCUT2D eigenvalue weighted by molar-refractivity contribution is 5.99. The second-order valence-electron chi connectivity index (χ2n) is 3.50. The van der Waals surface area contributed by atoms with Crippen LogP contribution in [-0.2, 0) is 6.54 Å². The van der Waals surface area contributed by atoms with Crippen molar-refractivity contribution in [1.29, 1.82) is 0 Å². The molecule has 18 heavy (non-hydrogen) atoms. The van der Waals surface area contributed by atoms with Gasteiger partial charge in [0.25, 0.3) is 0 Å². The monoisotopic (exact) mass is 265 g/mol. The van der Waals surface area contributed by atoms with E-state index in [2.05, 4.69) is 5.10 Å². The number of halogens is 3. The van der Waals surface area contributed by atoms with E-state index in [1.807, 2.05) is 5.32 Å². The zero-order chi connectivity index (χ0) is 13.9. The summed E-state index contributed by atoms with van der Waals surface area (Å²) in [5, 5.41) is 13.6. The number of nitrogens with one attached hydrogen (secondary N) is 1. The average molecular weight is 265 g/mol. The van der Waals surface area contributed by atoms with E-state index in [1.165, 1.54) is 6.92 Å². The molecule has 9 heteroatoms. The minimum Gasteiger partial charge on any atom is -0.465 e. The summed E-state index contributed by atoms with van der Waals surface area (Å²) in [6.07, 6.45) is -4.83. The van der Waals surface area contributed by atoms with Gasteiger partial charge in [0.2, 0.25) is 0 Å². The van der Waals surface area contributed by atoms with Crippen molar-refractivity contribution in [3.63, 3.8) is 0 Å². The number of nitrogens with zero attached hydrogens (tertiary/aromatic N) is 2. The Bertz CT molecular complexity index is 467. The molecule has 1 aromatic heterocycles. The maximum Gasteiger partial charge on any atom is 0.408 e. The van der Waals surface area contributed by atoms with Crippen LogP contribution >= 0.6 is 0 Å². The molecule has 0 spiro atoms. The Morgan fingerprint density at radius 3 is 2.61 bits per heavy atom. The van der Waals surface area contributed by atoms with Crippen molar-refractivity contribution in [3.05, 3.63) is 17.5 Å². The Balaban J connectivity index is 2.80. The molecule has 0 aliphatic heterocycles. The SMILES string of the molecule is Cc1c(C(=O)CNC(=O)O)cnn1CC(F)(F)F. The highest BCUT2D eigenvalue weighted by Crippen LogP contribution is 2.19. The Hall–Kier alpha value is -2.06. The molecule has 1 amide bonds. The molecule has 0 atom stereocenters. The second-order valence-corrected chi connectivity index (χ2v) is 3.50. The molecule has 0 unspecified atom stereocenters. The first-order valence-electron chi connectivity index (χ1n) is 4.80. The quantitative estimate of drug-likeness (QED) is 0.801. The van der Waals surface area contributed by atoms with Gasteiger partial charge < -0.3 is 10.4 Å². The lowest BCUT2D eigenvalue weighted by Crippen LogP contribution is -2.28. The average Bonchev–Trinajstić information content (AvgIpc) is 2.55. The van der Waals surface area contributed by atoms with Gasteiger partial charge in [-0.15, -0.1) is 0 Å². The van der Waals surface area contributed by atoms with E-state index < -0.39 is 31.1 Å². The summed E-state index contributed by atoms with van der Waals surface area (Å²) in [4.78, 5) is 21.7. The third kappa shape index (κ3) is 3.75. The van der Waals surface area contributed by atoms with Crippen LogP contribution in [0.2, 0.25) is 0 Å². The minimum absolute atomic E-state index is 0.0343. The summed E-state index contributed by atoms with van der Waals surface area (Å²) in [5.41, 5.74) is 0.0116. The third-order valence-electron chi connectivity index (χ3n) is 2.13. The first-order chi connectivity index (χ1) is 8.20. The number of alkyl halides is 3. The van der Waals surface area contributed by atoms with Gasteiger partial charge in [0.1, 0.15) is 6.54 Å². The summed E-state index contributed by atoms with van der Waals surface area (Å²) in [7, 11) is 0. The fourth-order valence-corrected chi connectivity index (χ4v) is 1.30. The molecule has 0 fully saturated rings. The zero-order valence-corrected chi connectivity index (χ0v) is 9.28. The fourth-order valence-electron chi connectivity index (χ4n) is 1.30. The van der Waals surface area contributed by atoms with E-state index in [1.54, 1.807) is 0 Å². The van der Waals surface area contributed by atoms with Crippen molar-refractivity contribution < 1.29 is 27.9 Å². The molecule has 1 rings (SSSR count). The van der Waals surface area contributed by atoms with Gasteiger partial charge in [0.15, 0.2) is 5.78 Å². The van der Waals surface area contributed by atoms with Crippen molar-refractivity contribution in [2.24, 2.45) is 0 Å². The molecule has 0 saturated heterocycles. The van der Waals surface area contributed by atoms with Gasteiger partial charge >= 0.3 is 12.3 Å². The van der Waals surface area contributed by atoms with Crippen LogP contribution in [-0.4, -0.2) is 39.5 Å². The molecular weight excluding hydrogens is 255 g/mol. The standard InChI is InChI=1S/C9H10F3N3O3/c1-5-6(7(16)3-13-8(17)18)2-14-15(5)4-9(10,11)12/h2,13H,3-4H2,1H3,(H,17,18). The molecule has 0 bridgehead atoms. The lowest BCUT2D eigenvalue weighted by atomic mass is 10.2. The smallest absolute Gasteiger partial charge is 0.408 e. The molecule has 0 radical (unpaired) electrons. The molecule has 0 aliphatic rings. The number of carbonyl (C=O) groups is 2. The molecular formula is C9H10F3N3O3. The predicted molar refractivity (Wildman–Crippen MR) is 53.4 cm³/mol. The van der Waals surface area contributed by atoms with Crippen LogP contribution in [0.4, 0.5) is 18.0 Å². The molecule has 100 valence electrons. The Labute approximate surface area is 99.4 Å². The van der Waals surface area contributed by atoms with E-state index in [9.17, 15) is 22.8 Å². The van der Waals surface area contributed by atoms with Crippen molar-refractivity contribution >= 4 is 11.9 Å². The van der Waals surface area contributed by atoms with Gasteiger partial charge in [-0.3, -0.25) is 9.48 Å². The minimum atomic E-state index is -4.43. The van der Waals surface area contributed by atoms with E-state index in [4.69, 9.17) is 5.11 Å². The Morgan fingerprint density at radius 1 is 1.50 bits per heavy atom. The first-order valence-corrected chi connectivity index (χ1v) is 4.80. The van der Waals surface area contributed by atoms with Gasteiger partial charge in [-0.1, -0.05) is 0 Å². The Morgan fingerprint density at radius 2 is 2.11 bits per heavy atom. The largest absolute Gasteiger partial charge is 0.465 e. The zero-order valence-electron chi connectivity index (χ0n) is 9.28. The lowest BCUT2D eigenvalue weighted by Gasteiger charge is -2.08. The predicted octanol–water partition coefficient (Wildman–Crippen LogP) is 1.20. The van der Waals surface area contributed by atoms with E-state index in [0.717, 1.165) is 6.20 Å². The molecule has 0 saturated carbocycles. The number of rotatable bonds is 4. The molecule has 1 heterocycles. The summed E-state index contributed by atoms with van der Waals surface area (Å²) < 4.78 is 37.1. The van der Waals surface area contributed by atoms with Gasteiger partial charge in [-0.05, 0) is 6.92 Å². The molecule has 0 aromatic carbocycles. The van der Waals surface area contributed by atoms with Crippen LogP contribution in [0, 0.1) is 6.92 Å². The van der Waals surface area contributed by atoms with Gasteiger partial charge in [-0.25, -0.2) is 4.79 Å². The van der Waals surface area contributed by atoms with Crippen LogP contribution in [0.15, 0.2) is 6.20 Å². The van der Waals surface area contributed by atoms with Gasteiger partial charge in [0.05, 0.1) is 18.3 Å². The molecule has 2 N–H and O–H groups in total. The van der Waals surface area contributed by atoms with Crippen LogP contribution in [0.3, 0.4) is 0 Å². The number of ketones is 1. The number of carbonyl (C=O) groups excluding carboxylic acids is 1. The lowest BCUT2D eigenvalue weighted by molar-refractivity contribution is -0.142.